The first-order valence-electron chi connectivity index (χ1n) is 8.04. The number of nitrogens with zero attached hydrogens (tertiary/aromatic N) is 2. The second-order valence-electron chi connectivity index (χ2n) is 5.39. The van der Waals surface area contributed by atoms with Crippen LogP contribution < -0.4 is 10.6 Å². The van der Waals surface area contributed by atoms with Gasteiger partial charge in [-0.2, -0.15) is 0 Å². The highest BCUT2D eigenvalue weighted by Crippen LogP contribution is 2.21. The quantitative estimate of drug-likeness (QED) is 0.667. The number of aromatic nitrogens is 2. The molecule has 0 aliphatic rings. The maximum atomic E-state index is 4.41. The predicted molar refractivity (Wildman–Crippen MR) is 87.4 cm³/mol. The summed E-state index contributed by atoms with van der Waals surface area (Å²) >= 11 is 0. The Kier molecular flexibility index (Phi) is 8.00. The normalized spacial score (nSPS) is 12.2. The first-order valence-corrected chi connectivity index (χ1v) is 8.04. The van der Waals surface area contributed by atoms with Gasteiger partial charge in [-0.3, -0.25) is 0 Å². The summed E-state index contributed by atoms with van der Waals surface area (Å²) in [5, 5.41) is 6.97. The summed E-state index contributed by atoms with van der Waals surface area (Å²) in [6, 6.07) is 0.521. The van der Waals surface area contributed by atoms with E-state index in [4.69, 9.17) is 0 Å². The van der Waals surface area contributed by atoms with Gasteiger partial charge in [-0.05, 0) is 26.2 Å². The van der Waals surface area contributed by atoms with Crippen LogP contribution in [0.2, 0.25) is 0 Å². The molecule has 4 heteroatoms. The number of hydrogen-bond donors (Lipinski definition) is 2. The highest BCUT2D eigenvalue weighted by molar-refractivity contribution is 5.56. The van der Waals surface area contributed by atoms with E-state index < -0.39 is 0 Å². The fourth-order valence-corrected chi connectivity index (χ4v) is 2.30. The Balaban J connectivity index is 2.73. The molecule has 0 aliphatic carbocycles. The van der Waals surface area contributed by atoms with Crippen LogP contribution in [0.5, 0.6) is 0 Å². The summed E-state index contributed by atoms with van der Waals surface area (Å²) in [5.74, 6) is 1.93. The van der Waals surface area contributed by atoms with Crippen molar-refractivity contribution in [3.63, 3.8) is 0 Å². The SMILES string of the molecule is CCCCC(CCC)Nc1ncnc(NCCC)c1C. The molecule has 1 aromatic rings. The van der Waals surface area contributed by atoms with Gasteiger partial charge in [0.05, 0.1) is 0 Å². The molecule has 0 bridgehead atoms. The monoisotopic (exact) mass is 278 g/mol. The van der Waals surface area contributed by atoms with Crippen LogP contribution in [0.3, 0.4) is 0 Å². The third-order valence-electron chi connectivity index (χ3n) is 3.51. The van der Waals surface area contributed by atoms with Gasteiger partial charge in [-0.15, -0.1) is 0 Å². The van der Waals surface area contributed by atoms with Crippen LogP contribution in [-0.2, 0) is 0 Å². The molecule has 1 rings (SSSR count). The van der Waals surface area contributed by atoms with E-state index in [2.05, 4.69) is 48.3 Å². The molecule has 0 saturated carbocycles. The molecule has 0 saturated heterocycles. The third kappa shape index (κ3) is 5.35. The van der Waals surface area contributed by atoms with Crippen molar-refractivity contribution in [1.82, 2.24) is 9.97 Å². The van der Waals surface area contributed by atoms with E-state index in [0.717, 1.165) is 30.2 Å². The summed E-state index contributed by atoms with van der Waals surface area (Å²) in [6.07, 6.45) is 8.87. The number of nitrogens with one attached hydrogen (secondary N) is 2. The Morgan fingerprint density at radius 1 is 1.00 bits per heavy atom. The summed E-state index contributed by atoms with van der Waals surface area (Å²) in [7, 11) is 0. The Morgan fingerprint density at radius 2 is 1.75 bits per heavy atom. The lowest BCUT2D eigenvalue weighted by atomic mass is 10.0. The van der Waals surface area contributed by atoms with Crippen LogP contribution >= 0.6 is 0 Å². The Hall–Kier alpha value is -1.32. The van der Waals surface area contributed by atoms with Crippen molar-refractivity contribution in [1.29, 1.82) is 0 Å². The smallest absolute Gasteiger partial charge is 0.134 e. The average molecular weight is 278 g/mol. The van der Waals surface area contributed by atoms with Crippen molar-refractivity contribution >= 4 is 11.6 Å². The first kappa shape index (κ1) is 16.7. The van der Waals surface area contributed by atoms with E-state index in [9.17, 15) is 0 Å². The lowest BCUT2D eigenvalue weighted by Gasteiger charge is -2.20. The molecule has 0 amide bonds. The van der Waals surface area contributed by atoms with Crippen molar-refractivity contribution in [2.75, 3.05) is 17.2 Å². The molecule has 0 aromatic carbocycles. The fourth-order valence-electron chi connectivity index (χ4n) is 2.30. The highest BCUT2D eigenvalue weighted by atomic mass is 15.1. The standard InChI is InChI=1S/C16H30N4/c1-5-8-10-14(9-6-2)20-16-13(4)15(17-11-7-3)18-12-19-16/h12,14H,5-11H2,1-4H3,(H2,17,18,19,20). The van der Waals surface area contributed by atoms with E-state index in [1.165, 1.54) is 32.1 Å². The van der Waals surface area contributed by atoms with Gasteiger partial charge in [-0.25, -0.2) is 9.97 Å². The molecular weight excluding hydrogens is 248 g/mol. The van der Waals surface area contributed by atoms with Crippen LogP contribution in [0.1, 0.15) is 64.9 Å². The maximum Gasteiger partial charge on any atom is 0.134 e. The molecule has 4 nitrogen and oxygen atoms in total. The van der Waals surface area contributed by atoms with E-state index in [1.807, 2.05) is 0 Å². The minimum Gasteiger partial charge on any atom is -0.370 e. The molecule has 0 fully saturated rings. The van der Waals surface area contributed by atoms with Crippen LogP contribution in [0.4, 0.5) is 11.6 Å². The summed E-state index contributed by atoms with van der Waals surface area (Å²) < 4.78 is 0. The maximum absolute atomic E-state index is 4.41. The van der Waals surface area contributed by atoms with Crippen molar-refractivity contribution in [2.24, 2.45) is 0 Å². The van der Waals surface area contributed by atoms with E-state index in [1.54, 1.807) is 6.33 Å². The molecule has 1 unspecified atom stereocenters. The predicted octanol–water partition coefficient (Wildman–Crippen LogP) is 4.38. The fraction of sp³-hybridized carbons (Fsp3) is 0.750. The van der Waals surface area contributed by atoms with Gasteiger partial charge in [-0.1, -0.05) is 40.0 Å². The van der Waals surface area contributed by atoms with Gasteiger partial charge in [0.15, 0.2) is 0 Å². The molecule has 0 aliphatic heterocycles. The molecule has 0 spiro atoms. The Bertz CT molecular complexity index is 379. The first-order chi connectivity index (χ1) is 9.72. The van der Waals surface area contributed by atoms with E-state index >= 15 is 0 Å². The van der Waals surface area contributed by atoms with Crippen molar-refractivity contribution in [3.05, 3.63) is 11.9 Å². The average Bonchev–Trinajstić information content (AvgIpc) is 2.45. The van der Waals surface area contributed by atoms with Gasteiger partial charge >= 0.3 is 0 Å². The summed E-state index contributed by atoms with van der Waals surface area (Å²) in [4.78, 5) is 8.74. The zero-order valence-corrected chi connectivity index (χ0v) is 13.5. The number of unbranched alkanes of at least 4 members (excludes halogenated alkanes) is 1. The Labute approximate surface area is 123 Å². The largest absolute Gasteiger partial charge is 0.370 e. The highest BCUT2D eigenvalue weighted by Gasteiger charge is 2.12. The molecule has 1 atom stereocenters. The third-order valence-corrected chi connectivity index (χ3v) is 3.51. The zero-order valence-electron chi connectivity index (χ0n) is 13.5. The second-order valence-corrected chi connectivity index (χ2v) is 5.39. The zero-order chi connectivity index (χ0) is 14.8. The van der Waals surface area contributed by atoms with Crippen molar-refractivity contribution in [3.8, 4) is 0 Å². The number of hydrogen-bond acceptors (Lipinski definition) is 4. The molecule has 2 N–H and O–H groups in total. The summed E-state index contributed by atoms with van der Waals surface area (Å²) in [6.45, 7) is 9.67. The second kappa shape index (κ2) is 9.56. The number of anilines is 2. The molecule has 1 aromatic heterocycles. The van der Waals surface area contributed by atoms with Gasteiger partial charge < -0.3 is 10.6 Å². The lowest BCUT2D eigenvalue weighted by molar-refractivity contribution is 0.562. The van der Waals surface area contributed by atoms with E-state index in [0.29, 0.717) is 6.04 Å². The van der Waals surface area contributed by atoms with Crippen LogP contribution in [0.15, 0.2) is 6.33 Å². The van der Waals surface area contributed by atoms with Gasteiger partial charge in [0.1, 0.15) is 18.0 Å². The lowest BCUT2D eigenvalue weighted by Crippen LogP contribution is -2.21. The molecule has 20 heavy (non-hydrogen) atoms. The van der Waals surface area contributed by atoms with Crippen LogP contribution in [0, 0.1) is 6.92 Å². The molecular formula is C16H30N4. The molecule has 114 valence electrons. The number of rotatable bonds is 10. The van der Waals surface area contributed by atoms with E-state index in [-0.39, 0.29) is 0 Å². The minimum absolute atomic E-state index is 0.521. The van der Waals surface area contributed by atoms with Gasteiger partial charge in [0, 0.05) is 18.2 Å². The van der Waals surface area contributed by atoms with Crippen LogP contribution in [0.25, 0.3) is 0 Å². The van der Waals surface area contributed by atoms with Crippen molar-refractivity contribution in [2.45, 2.75) is 72.3 Å². The van der Waals surface area contributed by atoms with Crippen molar-refractivity contribution < 1.29 is 0 Å². The van der Waals surface area contributed by atoms with Crippen LogP contribution in [-0.4, -0.2) is 22.6 Å². The van der Waals surface area contributed by atoms with Gasteiger partial charge in [0.25, 0.3) is 0 Å². The Morgan fingerprint density at radius 3 is 2.40 bits per heavy atom. The molecule has 0 radical (unpaired) electrons. The topological polar surface area (TPSA) is 49.8 Å². The minimum atomic E-state index is 0.521. The molecule has 1 heterocycles. The van der Waals surface area contributed by atoms with Gasteiger partial charge in [0.2, 0.25) is 0 Å². The summed E-state index contributed by atoms with van der Waals surface area (Å²) in [5.41, 5.74) is 1.12.